The van der Waals surface area contributed by atoms with Crippen LogP contribution in [0.25, 0.3) is 55.0 Å². The van der Waals surface area contributed by atoms with Crippen molar-refractivity contribution in [2.45, 2.75) is 12.8 Å². The molecule has 7 nitrogen and oxygen atoms in total. The fourth-order valence-electron chi connectivity index (χ4n) is 7.87. The van der Waals surface area contributed by atoms with Crippen molar-refractivity contribution < 1.29 is 23.7 Å². The highest BCUT2D eigenvalue weighted by Gasteiger charge is 2.30. The molecule has 0 atom stereocenters. The summed E-state index contributed by atoms with van der Waals surface area (Å²) >= 11 is 0. The molecule has 6 aromatic carbocycles. The molecule has 0 bridgehead atoms. The summed E-state index contributed by atoms with van der Waals surface area (Å²) in [5.41, 5.74) is 9.13. The van der Waals surface area contributed by atoms with E-state index < -0.39 is 0 Å². The van der Waals surface area contributed by atoms with Gasteiger partial charge in [0, 0.05) is 32.7 Å². The summed E-state index contributed by atoms with van der Waals surface area (Å²) in [5.74, 6) is 3.07. The van der Waals surface area contributed by atoms with Crippen LogP contribution in [0.15, 0.2) is 109 Å². The number of aryl methyl sites for hydroxylation is 2. The molecule has 1 aliphatic rings. The molecule has 8 aromatic rings. The quantitative estimate of drug-likeness (QED) is 0.178. The Labute approximate surface area is 288 Å². The van der Waals surface area contributed by atoms with Gasteiger partial charge in [0.05, 0.1) is 61.9 Å². The maximum atomic E-state index is 15.4. The molecule has 0 amide bonds. The molecule has 2 heterocycles. The average Bonchev–Trinajstić information content (AvgIpc) is 3.61. The number of benzene rings is 6. The second-order valence-electron chi connectivity index (χ2n) is 12.7. The molecule has 0 spiro atoms. The Balaban J connectivity index is 1.32. The van der Waals surface area contributed by atoms with Crippen molar-refractivity contribution in [3.63, 3.8) is 0 Å². The van der Waals surface area contributed by atoms with E-state index in [4.69, 9.17) is 18.9 Å². The van der Waals surface area contributed by atoms with Crippen LogP contribution in [0.4, 0.5) is 0 Å². The fraction of sp³-hybridized carbons (Fsp3) is 0.140. The van der Waals surface area contributed by atoms with Crippen molar-refractivity contribution in [2.24, 2.45) is 0 Å². The van der Waals surface area contributed by atoms with E-state index in [0.29, 0.717) is 11.1 Å². The summed E-state index contributed by atoms with van der Waals surface area (Å²) in [6.07, 6.45) is 1.48. The van der Waals surface area contributed by atoms with Crippen LogP contribution < -0.4 is 18.9 Å². The first-order valence-corrected chi connectivity index (χ1v) is 16.6. The second-order valence-corrected chi connectivity index (χ2v) is 12.7. The van der Waals surface area contributed by atoms with E-state index in [2.05, 4.69) is 94.1 Å². The molecule has 246 valence electrons. The van der Waals surface area contributed by atoms with Crippen LogP contribution in [-0.2, 0) is 12.8 Å². The average molecular weight is 659 g/mol. The number of nitrogens with zero attached hydrogens (tertiary/aromatic N) is 2. The zero-order valence-corrected chi connectivity index (χ0v) is 28.2. The van der Waals surface area contributed by atoms with E-state index in [1.54, 1.807) is 28.4 Å². The monoisotopic (exact) mass is 658 g/mol. The molecule has 0 radical (unpaired) electrons. The Kier molecular flexibility index (Phi) is 6.84. The zero-order chi connectivity index (χ0) is 34.1. The van der Waals surface area contributed by atoms with Crippen molar-refractivity contribution in [2.75, 3.05) is 28.4 Å². The van der Waals surface area contributed by atoms with Gasteiger partial charge in [0.2, 0.25) is 0 Å². The highest BCUT2D eigenvalue weighted by atomic mass is 16.5. The fourth-order valence-corrected chi connectivity index (χ4v) is 7.87. The van der Waals surface area contributed by atoms with E-state index in [1.165, 1.54) is 0 Å². The summed E-state index contributed by atoms with van der Waals surface area (Å²) in [6, 6.07) is 36.8. The number of rotatable bonds is 6. The van der Waals surface area contributed by atoms with Gasteiger partial charge in [0.25, 0.3) is 0 Å². The molecule has 0 aliphatic heterocycles. The predicted octanol–water partition coefficient (Wildman–Crippen LogP) is 9.24. The van der Waals surface area contributed by atoms with E-state index in [1.807, 2.05) is 24.3 Å². The Bertz CT molecular complexity index is 2380. The summed E-state index contributed by atoms with van der Waals surface area (Å²) in [6.45, 7) is 0. The normalized spacial score (nSPS) is 12.7. The summed E-state index contributed by atoms with van der Waals surface area (Å²) in [4.78, 5) is 15.4. The van der Waals surface area contributed by atoms with E-state index in [-0.39, 0.29) is 5.78 Å². The maximum absolute atomic E-state index is 15.4. The third-order valence-corrected chi connectivity index (χ3v) is 10.2. The molecule has 0 saturated carbocycles. The smallest absolute Gasteiger partial charge is 0.197 e. The van der Waals surface area contributed by atoms with Crippen LogP contribution in [0.5, 0.6) is 23.0 Å². The number of carbonyl (C=O) groups is 1. The second kappa shape index (κ2) is 11.4. The lowest BCUT2D eigenvalue weighted by Crippen LogP contribution is -2.13. The van der Waals surface area contributed by atoms with Crippen molar-refractivity contribution in [3.8, 4) is 34.4 Å². The third kappa shape index (κ3) is 4.33. The lowest BCUT2D eigenvalue weighted by atomic mass is 9.95. The minimum atomic E-state index is 0.00717. The topological polar surface area (TPSA) is 63.9 Å². The molecule has 2 aromatic heterocycles. The largest absolute Gasteiger partial charge is 0.497 e. The highest BCUT2D eigenvalue weighted by molar-refractivity contribution is 6.19. The Morgan fingerprint density at radius 1 is 0.440 bits per heavy atom. The van der Waals surface area contributed by atoms with Gasteiger partial charge in [-0.05, 0) is 109 Å². The molecule has 9 rings (SSSR count). The lowest BCUT2D eigenvalue weighted by molar-refractivity contribution is 0.103. The van der Waals surface area contributed by atoms with E-state index in [9.17, 15) is 0 Å². The van der Waals surface area contributed by atoms with Crippen LogP contribution in [0.3, 0.4) is 0 Å². The van der Waals surface area contributed by atoms with Gasteiger partial charge in [-0.25, -0.2) is 0 Å². The third-order valence-electron chi connectivity index (χ3n) is 10.2. The summed E-state index contributed by atoms with van der Waals surface area (Å²) in [7, 11) is 6.71. The van der Waals surface area contributed by atoms with Crippen molar-refractivity contribution >= 4 is 49.4 Å². The number of methoxy groups -OCH3 is 4. The molecule has 50 heavy (non-hydrogen) atoms. The van der Waals surface area contributed by atoms with Crippen LogP contribution in [0.2, 0.25) is 0 Å². The first-order chi connectivity index (χ1) is 24.5. The minimum Gasteiger partial charge on any atom is -0.497 e. The number of fused-ring (bicyclic) bond motifs is 8. The van der Waals surface area contributed by atoms with Crippen molar-refractivity contribution in [1.29, 1.82) is 0 Å². The number of hydrogen-bond acceptors (Lipinski definition) is 5. The van der Waals surface area contributed by atoms with Gasteiger partial charge in [-0.3, -0.25) is 4.79 Å². The van der Waals surface area contributed by atoms with Gasteiger partial charge in [0.15, 0.2) is 5.78 Å². The molecule has 0 fully saturated rings. The highest BCUT2D eigenvalue weighted by Crippen LogP contribution is 2.42. The van der Waals surface area contributed by atoms with Gasteiger partial charge < -0.3 is 28.1 Å². The van der Waals surface area contributed by atoms with Gasteiger partial charge in [0.1, 0.15) is 23.0 Å². The number of hydrogen-bond donors (Lipinski definition) is 0. The molecule has 0 saturated heterocycles. The number of carbonyl (C=O) groups excluding carboxylic acids is 1. The predicted molar refractivity (Wildman–Crippen MR) is 199 cm³/mol. The molecule has 0 unspecified atom stereocenters. The van der Waals surface area contributed by atoms with Crippen LogP contribution in [0.1, 0.15) is 27.0 Å². The molecular weight excluding hydrogens is 624 g/mol. The molecule has 1 aliphatic carbocycles. The number of ether oxygens (including phenoxy) is 4. The van der Waals surface area contributed by atoms with Crippen molar-refractivity contribution in [3.05, 3.63) is 131 Å². The first kappa shape index (κ1) is 29.9. The Hall–Kier alpha value is -6.21. The summed E-state index contributed by atoms with van der Waals surface area (Å²) < 4.78 is 27.0. The number of ketones is 1. The Morgan fingerprint density at radius 2 is 0.760 bits per heavy atom. The zero-order valence-electron chi connectivity index (χ0n) is 28.2. The maximum Gasteiger partial charge on any atom is 0.197 e. The van der Waals surface area contributed by atoms with Gasteiger partial charge >= 0.3 is 0 Å². The van der Waals surface area contributed by atoms with Gasteiger partial charge in [-0.15, -0.1) is 0 Å². The van der Waals surface area contributed by atoms with Gasteiger partial charge in [-0.2, -0.15) is 0 Å². The lowest BCUT2D eigenvalue weighted by Gasteiger charge is -2.18. The number of aromatic nitrogens is 2. The minimum absolute atomic E-state index is 0.00717. The standard InChI is InChI=1S/C43H34N2O5/c1-47-27-13-17-35-31(21-27)32-22-28(48-2)14-18-36(32)44(35)39-9-5-7-25-11-12-26-8-6-10-40(42(26)43(46)41(25)39)45-37-19-15-29(49-3)23-33(37)34-24-30(50-4)16-20-38(34)45/h5-10,13-24H,11-12H2,1-4H3. The molecule has 7 heteroatoms. The summed E-state index contributed by atoms with van der Waals surface area (Å²) in [5, 5.41) is 4.09. The van der Waals surface area contributed by atoms with Crippen LogP contribution in [0, 0.1) is 0 Å². The molecule has 0 N–H and O–H groups in total. The van der Waals surface area contributed by atoms with E-state index >= 15 is 4.79 Å². The SMILES string of the molecule is COc1ccc2c(c1)c1cc(OC)ccc1n2-c1cccc2c1C(=O)c1c(cccc1-n1c3ccc(OC)cc3c3cc(OC)ccc31)CC2. The van der Waals surface area contributed by atoms with Crippen molar-refractivity contribution in [1.82, 2.24) is 9.13 Å². The Morgan fingerprint density at radius 3 is 1.06 bits per heavy atom. The van der Waals surface area contributed by atoms with Crippen LogP contribution >= 0.6 is 0 Å². The first-order valence-electron chi connectivity index (χ1n) is 16.6. The van der Waals surface area contributed by atoms with Crippen LogP contribution in [-0.4, -0.2) is 43.4 Å². The van der Waals surface area contributed by atoms with Gasteiger partial charge in [-0.1, -0.05) is 24.3 Å². The molecular formula is C43H34N2O5. The van der Waals surface area contributed by atoms with E-state index in [0.717, 1.165) is 102 Å².